The number of hydrogen-bond donors (Lipinski definition) is 1. The molecule has 0 aliphatic rings. The molecule has 144 valence electrons. The van der Waals surface area contributed by atoms with Gasteiger partial charge < -0.3 is 10.1 Å². The highest BCUT2D eigenvalue weighted by Gasteiger charge is 2.11. The number of halogens is 2. The average Bonchev–Trinajstić information content (AvgIpc) is 2.70. The molecule has 7 heteroatoms. The molecule has 0 bridgehead atoms. The summed E-state index contributed by atoms with van der Waals surface area (Å²) in [6, 6.07) is 14.3. The van der Waals surface area contributed by atoms with Crippen molar-refractivity contribution in [3.8, 4) is 11.5 Å². The zero-order valence-corrected chi connectivity index (χ0v) is 15.3. The SMILES string of the molecule is Cc1cnc2ccc(Oc3cc(NC(=O)c4cccc(F)c4)ccc3F)cc2n1. The van der Waals surface area contributed by atoms with Crippen LogP contribution in [0.3, 0.4) is 0 Å². The van der Waals surface area contributed by atoms with Gasteiger partial charge in [-0.15, -0.1) is 0 Å². The molecule has 0 radical (unpaired) electrons. The van der Waals surface area contributed by atoms with Gasteiger partial charge in [0.25, 0.3) is 5.91 Å². The fraction of sp³-hybridized carbons (Fsp3) is 0.0455. The molecule has 0 saturated heterocycles. The highest BCUT2D eigenvalue weighted by atomic mass is 19.1. The molecule has 0 unspecified atom stereocenters. The standard InChI is InChI=1S/C22H15F2N3O2/c1-13-12-25-19-8-6-17(11-20(19)26-13)29-21-10-16(5-7-18(21)24)27-22(28)14-3-2-4-15(23)9-14/h2-12H,1H3,(H,27,28). The van der Waals surface area contributed by atoms with Crippen molar-refractivity contribution in [3.05, 3.63) is 89.8 Å². The van der Waals surface area contributed by atoms with Crippen LogP contribution in [0.5, 0.6) is 11.5 Å². The Hall–Kier alpha value is -3.87. The molecule has 3 aromatic carbocycles. The third kappa shape index (κ3) is 4.19. The van der Waals surface area contributed by atoms with Crippen LogP contribution in [0.1, 0.15) is 16.1 Å². The van der Waals surface area contributed by atoms with Gasteiger partial charge >= 0.3 is 0 Å². The van der Waals surface area contributed by atoms with E-state index in [9.17, 15) is 13.6 Å². The van der Waals surface area contributed by atoms with Gasteiger partial charge in [-0.1, -0.05) is 6.07 Å². The van der Waals surface area contributed by atoms with Crippen molar-refractivity contribution in [1.82, 2.24) is 9.97 Å². The maximum Gasteiger partial charge on any atom is 0.255 e. The van der Waals surface area contributed by atoms with E-state index in [1.54, 1.807) is 24.4 Å². The van der Waals surface area contributed by atoms with Gasteiger partial charge in [0.05, 0.1) is 16.7 Å². The van der Waals surface area contributed by atoms with E-state index in [-0.39, 0.29) is 11.3 Å². The van der Waals surface area contributed by atoms with E-state index in [4.69, 9.17) is 4.74 Å². The first-order valence-corrected chi connectivity index (χ1v) is 8.76. The van der Waals surface area contributed by atoms with E-state index in [2.05, 4.69) is 15.3 Å². The second kappa shape index (κ2) is 7.63. The molecule has 0 aliphatic heterocycles. The lowest BCUT2D eigenvalue weighted by Crippen LogP contribution is -2.12. The third-order valence-corrected chi connectivity index (χ3v) is 4.14. The molecule has 0 fully saturated rings. The highest BCUT2D eigenvalue weighted by Crippen LogP contribution is 2.29. The molecule has 1 aromatic heterocycles. The Kier molecular flexibility index (Phi) is 4.87. The summed E-state index contributed by atoms with van der Waals surface area (Å²) in [6.07, 6.45) is 1.66. The summed E-state index contributed by atoms with van der Waals surface area (Å²) in [6.45, 7) is 1.82. The number of benzene rings is 3. The van der Waals surface area contributed by atoms with Gasteiger partial charge in [-0.05, 0) is 49.4 Å². The Morgan fingerprint density at radius 1 is 1.00 bits per heavy atom. The van der Waals surface area contributed by atoms with Crippen LogP contribution in [0, 0.1) is 18.6 Å². The minimum absolute atomic E-state index is 0.0676. The lowest BCUT2D eigenvalue weighted by atomic mass is 10.2. The summed E-state index contributed by atoms with van der Waals surface area (Å²) >= 11 is 0. The molecular formula is C22H15F2N3O2. The zero-order valence-electron chi connectivity index (χ0n) is 15.3. The summed E-state index contributed by atoms with van der Waals surface area (Å²) in [5.41, 5.74) is 2.54. The average molecular weight is 391 g/mol. The van der Waals surface area contributed by atoms with E-state index < -0.39 is 17.5 Å². The molecule has 0 spiro atoms. The topological polar surface area (TPSA) is 64.1 Å². The van der Waals surface area contributed by atoms with Gasteiger partial charge in [0.2, 0.25) is 0 Å². The predicted octanol–water partition coefficient (Wildman–Crippen LogP) is 5.26. The van der Waals surface area contributed by atoms with Crippen molar-refractivity contribution in [3.63, 3.8) is 0 Å². The molecule has 0 saturated carbocycles. The second-order valence-corrected chi connectivity index (χ2v) is 6.37. The number of anilines is 1. The molecule has 5 nitrogen and oxygen atoms in total. The maximum absolute atomic E-state index is 14.2. The molecule has 1 heterocycles. The van der Waals surface area contributed by atoms with E-state index in [1.807, 2.05) is 6.92 Å². The summed E-state index contributed by atoms with van der Waals surface area (Å²) in [5.74, 6) is -1.31. The molecule has 0 atom stereocenters. The number of ether oxygens (including phenoxy) is 1. The number of fused-ring (bicyclic) bond motifs is 1. The number of aromatic nitrogens is 2. The van der Waals surface area contributed by atoms with Crippen molar-refractivity contribution in [2.45, 2.75) is 6.92 Å². The van der Waals surface area contributed by atoms with Crippen molar-refractivity contribution in [1.29, 1.82) is 0 Å². The number of aryl methyl sites for hydroxylation is 1. The minimum atomic E-state index is -0.593. The zero-order chi connectivity index (χ0) is 20.4. The normalized spacial score (nSPS) is 10.7. The molecule has 4 aromatic rings. The van der Waals surface area contributed by atoms with Crippen LogP contribution in [-0.4, -0.2) is 15.9 Å². The molecule has 0 aliphatic carbocycles. The van der Waals surface area contributed by atoms with E-state index in [1.165, 1.54) is 36.4 Å². The summed E-state index contributed by atoms with van der Waals surface area (Å²) in [7, 11) is 0. The lowest BCUT2D eigenvalue weighted by molar-refractivity contribution is 0.102. The fourth-order valence-corrected chi connectivity index (χ4v) is 2.77. The van der Waals surface area contributed by atoms with Gasteiger partial charge in [0, 0.05) is 29.6 Å². The van der Waals surface area contributed by atoms with Crippen LogP contribution in [0.15, 0.2) is 66.9 Å². The Labute approximate surface area is 165 Å². The number of nitrogens with one attached hydrogen (secondary N) is 1. The lowest BCUT2D eigenvalue weighted by Gasteiger charge is -2.11. The van der Waals surface area contributed by atoms with Crippen molar-refractivity contribution in [2.24, 2.45) is 0 Å². The van der Waals surface area contributed by atoms with E-state index >= 15 is 0 Å². The Bertz CT molecular complexity index is 1230. The van der Waals surface area contributed by atoms with E-state index in [0.29, 0.717) is 22.5 Å². The number of carbonyl (C=O) groups excluding carboxylic acids is 1. The van der Waals surface area contributed by atoms with Gasteiger partial charge in [-0.25, -0.2) is 13.8 Å². The summed E-state index contributed by atoms with van der Waals surface area (Å²) < 4.78 is 33.2. The van der Waals surface area contributed by atoms with Gasteiger partial charge in [0.1, 0.15) is 11.6 Å². The summed E-state index contributed by atoms with van der Waals surface area (Å²) in [4.78, 5) is 20.9. The number of carbonyl (C=O) groups is 1. The van der Waals surface area contributed by atoms with Crippen LogP contribution in [0.2, 0.25) is 0 Å². The van der Waals surface area contributed by atoms with Crippen LogP contribution in [-0.2, 0) is 0 Å². The largest absolute Gasteiger partial charge is 0.454 e. The number of rotatable bonds is 4. The number of nitrogens with zero attached hydrogens (tertiary/aromatic N) is 2. The third-order valence-electron chi connectivity index (χ3n) is 4.14. The Morgan fingerprint density at radius 3 is 2.69 bits per heavy atom. The number of amides is 1. The Balaban J connectivity index is 1.58. The van der Waals surface area contributed by atoms with Gasteiger partial charge in [0.15, 0.2) is 11.6 Å². The van der Waals surface area contributed by atoms with E-state index in [0.717, 1.165) is 11.8 Å². The first-order valence-electron chi connectivity index (χ1n) is 8.76. The fourth-order valence-electron chi connectivity index (χ4n) is 2.77. The number of hydrogen-bond acceptors (Lipinski definition) is 4. The molecule has 1 amide bonds. The van der Waals surface area contributed by atoms with Gasteiger partial charge in [-0.2, -0.15) is 0 Å². The molecule has 29 heavy (non-hydrogen) atoms. The van der Waals surface area contributed by atoms with Crippen molar-refractivity contribution >= 4 is 22.6 Å². The minimum Gasteiger partial charge on any atom is -0.454 e. The van der Waals surface area contributed by atoms with Crippen LogP contribution in [0.4, 0.5) is 14.5 Å². The van der Waals surface area contributed by atoms with Crippen LogP contribution in [0.25, 0.3) is 11.0 Å². The second-order valence-electron chi connectivity index (χ2n) is 6.37. The monoisotopic (exact) mass is 391 g/mol. The Morgan fingerprint density at radius 2 is 1.86 bits per heavy atom. The smallest absolute Gasteiger partial charge is 0.255 e. The van der Waals surface area contributed by atoms with Crippen molar-refractivity contribution < 1.29 is 18.3 Å². The quantitative estimate of drug-likeness (QED) is 0.515. The highest BCUT2D eigenvalue weighted by molar-refractivity contribution is 6.04. The first kappa shape index (κ1) is 18.5. The molecular weight excluding hydrogens is 376 g/mol. The predicted molar refractivity (Wildman–Crippen MR) is 105 cm³/mol. The maximum atomic E-state index is 14.2. The van der Waals surface area contributed by atoms with Crippen molar-refractivity contribution in [2.75, 3.05) is 5.32 Å². The van der Waals surface area contributed by atoms with Crippen LogP contribution >= 0.6 is 0 Å². The van der Waals surface area contributed by atoms with Gasteiger partial charge in [-0.3, -0.25) is 9.78 Å². The molecule has 1 N–H and O–H groups in total. The first-order chi connectivity index (χ1) is 14.0. The van der Waals surface area contributed by atoms with Crippen LogP contribution < -0.4 is 10.1 Å². The summed E-state index contributed by atoms with van der Waals surface area (Å²) in [5, 5.41) is 2.60. The molecule has 4 rings (SSSR count).